The van der Waals surface area contributed by atoms with Crippen molar-refractivity contribution < 1.29 is 19.2 Å². The predicted octanol–water partition coefficient (Wildman–Crippen LogP) is 3.56. The molecule has 138 valence electrons. The maximum Gasteiger partial charge on any atom is 0.412 e. The molecule has 8 nitrogen and oxygen atoms in total. The molecule has 0 bridgehead atoms. The quantitative estimate of drug-likeness (QED) is 0.661. The molecule has 0 saturated carbocycles. The number of ether oxygens (including phenoxy) is 2. The van der Waals surface area contributed by atoms with Gasteiger partial charge in [-0.3, -0.25) is 15.4 Å². The van der Waals surface area contributed by atoms with Crippen molar-refractivity contribution in [3.63, 3.8) is 0 Å². The van der Waals surface area contributed by atoms with Gasteiger partial charge in [-0.25, -0.2) is 4.79 Å². The number of nitro groups is 1. The van der Waals surface area contributed by atoms with Gasteiger partial charge in [0.1, 0.15) is 11.3 Å². The fourth-order valence-electron chi connectivity index (χ4n) is 2.78. The molecule has 2 rings (SSSR count). The smallest absolute Gasteiger partial charge is 0.412 e. The number of benzene rings is 1. The van der Waals surface area contributed by atoms with Gasteiger partial charge in [0.2, 0.25) is 0 Å². The van der Waals surface area contributed by atoms with Crippen LogP contribution in [-0.2, 0) is 9.47 Å². The molecule has 1 amide bonds. The molecule has 1 fully saturated rings. The van der Waals surface area contributed by atoms with Gasteiger partial charge < -0.3 is 14.4 Å². The van der Waals surface area contributed by atoms with Crippen molar-refractivity contribution in [3.8, 4) is 0 Å². The van der Waals surface area contributed by atoms with Crippen LogP contribution in [-0.4, -0.2) is 41.9 Å². The summed E-state index contributed by atoms with van der Waals surface area (Å²) in [5.41, 5.74) is -0.0187. The van der Waals surface area contributed by atoms with Crippen LogP contribution in [0.5, 0.6) is 0 Å². The summed E-state index contributed by atoms with van der Waals surface area (Å²) in [6.07, 6.45) is -0.637. The predicted molar refractivity (Wildman–Crippen MR) is 95.2 cm³/mol. The summed E-state index contributed by atoms with van der Waals surface area (Å²) >= 11 is 0. The molecule has 1 heterocycles. The number of rotatable bonds is 3. The lowest BCUT2D eigenvalue weighted by atomic mass is 10.1. The summed E-state index contributed by atoms with van der Waals surface area (Å²) in [7, 11) is 0. The van der Waals surface area contributed by atoms with Crippen LogP contribution in [0.1, 0.15) is 34.6 Å². The minimum atomic E-state index is -0.725. The first-order chi connectivity index (χ1) is 11.5. The van der Waals surface area contributed by atoms with E-state index in [1.165, 1.54) is 12.1 Å². The van der Waals surface area contributed by atoms with Crippen LogP contribution in [0.4, 0.5) is 21.9 Å². The van der Waals surface area contributed by atoms with E-state index in [1.807, 2.05) is 18.7 Å². The third kappa shape index (κ3) is 5.32. The molecule has 1 aromatic rings. The van der Waals surface area contributed by atoms with E-state index < -0.39 is 16.6 Å². The SMILES string of the molecule is C[C@@H]1CN(c2ccc(NC(=O)OC(C)(C)C)c([N+](=O)[O-])c2)C[C@H](C)O1. The maximum absolute atomic E-state index is 11.9. The summed E-state index contributed by atoms with van der Waals surface area (Å²) in [4.78, 5) is 24.8. The van der Waals surface area contributed by atoms with Gasteiger partial charge in [0, 0.05) is 24.8 Å². The zero-order valence-corrected chi connectivity index (χ0v) is 15.2. The second-order valence-electron chi connectivity index (χ2n) is 7.25. The molecule has 0 aromatic heterocycles. The molecule has 1 saturated heterocycles. The number of carbonyl (C=O) groups is 1. The van der Waals surface area contributed by atoms with Crippen molar-refractivity contribution in [1.82, 2.24) is 0 Å². The van der Waals surface area contributed by atoms with E-state index in [2.05, 4.69) is 5.32 Å². The first kappa shape index (κ1) is 19.0. The van der Waals surface area contributed by atoms with E-state index >= 15 is 0 Å². The topological polar surface area (TPSA) is 93.9 Å². The van der Waals surface area contributed by atoms with Gasteiger partial charge in [0.15, 0.2) is 0 Å². The Hall–Kier alpha value is -2.35. The Morgan fingerprint density at radius 1 is 1.32 bits per heavy atom. The third-order valence-electron chi connectivity index (χ3n) is 3.60. The number of hydrogen-bond donors (Lipinski definition) is 1. The summed E-state index contributed by atoms with van der Waals surface area (Å²) < 4.78 is 10.8. The molecule has 25 heavy (non-hydrogen) atoms. The Labute approximate surface area is 147 Å². The average molecular weight is 351 g/mol. The fourth-order valence-corrected chi connectivity index (χ4v) is 2.78. The van der Waals surface area contributed by atoms with Crippen LogP contribution in [0.15, 0.2) is 18.2 Å². The number of morpholine rings is 1. The van der Waals surface area contributed by atoms with E-state index in [-0.39, 0.29) is 23.6 Å². The Morgan fingerprint density at radius 3 is 2.44 bits per heavy atom. The number of carbonyl (C=O) groups excluding carboxylic acids is 1. The van der Waals surface area contributed by atoms with Gasteiger partial charge in [-0.05, 0) is 46.8 Å². The molecule has 1 aromatic carbocycles. The minimum Gasteiger partial charge on any atom is -0.444 e. The molecule has 0 unspecified atom stereocenters. The molecule has 1 aliphatic rings. The van der Waals surface area contributed by atoms with Crippen molar-refractivity contribution >= 4 is 23.2 Å². The third-order valence-corrected chi connectivity index (χ3v) is 3.60. The second kappa shape index (κ2) is 7.26. The van der Waals surface area contributed by atoms with Crippen LogP contribution in [0, 0.1) is 10.1 Å². The maximum atomic E-state index is 11.9. The molecule has 2 atom stereocenters. The zero-order valence-electron chi connectivity index (χ0n) is 15.2. The van der Waals surface area contributed by atoms with Crippen LogP contribution in [0.25, 0.3) is 0 Å². The molecule has 0 spiro atoms. The summed E-state index contributed by atoms with van der Waals surface area (Å²) in [6, 6.07) is 4.75. The minimum absolute atomic E-state index is 0.0439. The van der Waals surface area contributed by atoms with Gasteiger partial charge in [0.05, 0.1) is 17.1 Å². The van der Waals surface area contributed by atoms with Crippen molar-refractivity contribution in [2.24, 2.45) is 0 Å². The first-order valence-electron chi connectivity index (χ1n) is 8.24. The van der Waals surface area contributed by atoms with Gasteiger partial charge in [-0.1, -0.05) is 0 Å². The highest BCUT2D eigenvalue weighted by Crippen LogP contribution is 2.31. The van der Waals surface area contributed by atoms with E-state index in [0.717, 1.165) is 5.69 Å². The average Bonchev–Trinajstić information content (AvgIpc) is 2.44. The molecule has 8 heteroatoms. The number of anilines is 2. The van der Waals surface area contributed by atoms with E-state index in [1.54, 1.807) is 26.8 Å². The van der Waals surface area contributed by atoms with Gasteiger partial charge in [-0.2, -0.15) is 0 Å². The lowest BCUT2D eigenvalue weighted by Crippen LogP contribution is -2.45. The first-order valence-corrected chi connectivity index (χ1v) is 8.24. The number of nitrogens with zero attached hydrogens (tertiary/aromatic N) is 2. The number of nitro benzene ring substituents is 1. The monoisotopic (exact) mass is 351 g/mol. The molecule has 0 aliphatic carbocycles. The van der Waals surface area contributed by atoms with E-state index in [0.29, 0.717) is 13.1 Å². The summed E-state index contributed by atoms with van der Waals surface area (Å²) in [5.74, 6) is 0. The second-order valence-corrected chi connectivity index (χ2v) is 7.25. The molecule has 0 radical (unpaired) electrons. The van der Waals surface area contributed by atoms with Crippen molar-refractivity contribution in [1.29, 1.82) is 0 Å². The Bertz CT molecular complexity index is 646. The normalized spacial score (nSPS) is 20.9. The standard InChI is InChI=1S/C17H25N3O5/c1-11-9-19(10-12(2)24-11)13-6-7-14(15(8-13)20(22)23)18-16(21)25-17(3,4)5/h6-8,11-12H,9-10H2,1-5H3,(H,18,21)/t11-,12+. The van der Waals surface area contributed by atoms with Gasteiger partial charge in [-0.15, -0.1) is 0 Å². The lowest BCUT2D eigenvalue weighted by Gasteiger charge is -2.36. The van der Waals surface area contributed by atoms with Gasteiger partial charge >= 0.3 is 6.09 Å². The zero-order chi connectivity index (χ0) is 18.8. The number of nitrogens with one attached hydrogen (secondary N) is 1. The molecular formula is C17H25N3O5. The highest BCUT2D eigenvalue weighted by Gasteiger charge is 2.26. The fraction of sp³-hybridized carbons (Fsp3) is 0.588. The van der Waals surface area contributed by atoms with Crippen LogP contribution in [0.3, 0.4) is 0 Å². The molecular weight excluding hydrogens is 326 g/mol. The Morgan fingerprint density at radius 2 is 1.92 bits per heavy atom. The Balaban J connectivity index is 2.23. The van der Waals surface area contributed by atoms with Crippen LogP contribution in [0.2, 0.25) is 0 Å². The summed E-state index contributed by atoms with van der Waals surface area (Å²) in [6.45, 7) is 10.4. The lowest BCUT2D eigenvalue weighted by molar-refractivity contribution is -0.383. The highest BCUT2D eigenvalue weighted by atomic mass is 16.6. The van der Waals surface area contributed by atoms with Crippen molar-refractivity contribution in [3.05, 3.63) is 28.3 Å². The Kier molecular flexibility index (Phi) is 5.52. The number of hydrogen-bond acceptors (Lipinski definition) is 6. The van der Waals surface area contributed by atoms with Gasteiger partial charge in [0.25, 0.3) is 5.69 Å². The number of amides is 1. The van der Waals surface area contributed by atoms with Crippen LogP contribution < -0.4 is 10.2 Å². The molecule has 1 N–H and O–H groups in total. The molecule has 1 aliphatic heterocycles. The van der Waals surface area contributed by atoms with Crippen molar-refractivity contribution in [2.75, 3.05) is 23.3 Å². The largest absolute Gasteiger partial charge is 0.444 e. The van der Waals surface area contributed by atoms with Crippen LogP contribution >= 0.6 is 0 Å². The van der Waals surface area contributed by atoms with E-state index in [9.17, 15) is 14.9 Å². The van der Waals surface area contributed by atoms with Crippen molar-refractivity contribution in [2.45, 2.75) is 52.4 Å². The summed E-state index contributed by atoms with van der Waals surface area (Å²) in [5, 5.41) is 13.9. The van der Waals surface area contributed by atoms with E-state index in [4.69, 9.17) is 9.47 Å². The highest BCUT2D eigenvalue weighted by molar-refractivity contribution is 5.88.